The monoisotopic (exact) mass is 549 g/mol. The third-order valence-electron chi connectivity index (χ3n) is 6.57. The van der Waals surface area contributed by atoms with Gasteiger partial charge in [0.25, 0.3) is 5.91 Å². The highest BCUT2D eigenvalue weighted by Crippen LogP contribution is 2.26. The zero-order chi connectivity index (χ0) is 28.8. The maximum Gasteiger partial charge on any atom is 0.335 e. The van der Waals surface area contributed by atoms with E-state index in [1.54, 1.807) is 60.8 Å². The number of carbonyl (C=O) groups excluding carboxylic acids is 1. The summed E-state index contributed by atoms with van der Waals surface area (Å²) in [6.07, 6.45) is 1.76. The Balaban J connectivity index is 1.31. The molecular formula is C32H27N3O6. The Morgan fingerprint density at radius 3 is 2.41 bits per heavy atom. The van der Waals surface area contributed by atoms with Gasteiger partial charge in [0.1, 0.15) is 18.4 Å². The molecule has 0 bridgehead atoms. The fourth-order valence-electron chi connectivity index (χ4n) is 4.50. The summed E-state index contributed by atoms with van der Waals surface area (Å²) < 4.78 is 5.90. The molecule has 4 aromatic carbocycles. The fourth-order valence-corrected chi connectivity index (χ4v) is 4.50. The summed E-state index contributed by atoms with van der Waals surface area (Å²) in [4.78, 5) is 39.8. The Bertz CT molecular complexity index is 1710. The second-order valence-electron chi connectivity index (χ2n) is 9.42. The molecule has 0 saturated heterocycles. The number of para-hydroxylation sites is 2. The molecule has 0 spiro atoms. The van der Waals surface area contributed by atoms with Crippen molar-refractivity contribution in [3.8, 4) is 5.75 Å². The minimum Gasteiger partial charge on any atom is -0.489 e. The molecule has 41 heavy (non-hydrogen) atoms. The Morgan fingerprint density at radius 2 is 1.63 bits per heavy atom. The number of aliphatic carboxylic acids is 1. The number of hydrogen-bond donors (Lipinski definition) is 5. The highest BCUT2D eigenvalue weighted by molar-refractivity contribution is 6.02. The number of benzene rings is 4. The summed E-state index contributed by atoms with van der Waals surface area (Å²) in [6, 6.07) is 27.0. The van der Waals surface area contributed by atoms with E-state index < -0.39 is 23.9 Å². The van der Waals surface area contributed by atoms with Crippen molar-refractivity contribution in [1.82, 2.24) is 10.3 Å². The average Bonchev–Trinajstić information content (AvgIpc) is 3.38. The lowest BCUT2D eigenvalue weighted by Crippen LogP contribution is -2.42. The number of carboxylic acid groups (broad SMARTS) is 2. The molecule has 0 fully saturated rings. The maximum atomic E-state index is 13.2. The second-order valence-corrected chi connectivity index (χ2v) is 9.42. The summed E-state index contributed by atoms with van der Waals surface area (Å²) in [7, 11) is 0. The van der Waals surface area contributed by atoms with E-state index in [2.05, 4.69) is 15.6 Å². The van der Waals surface area contributed by atoms with Crippen molar-refractivity contribution in [2.24, 2.45) is 0 Å². The van der Waals surface area contributed by atoms with Gasteiger partial charge in [0.15, 0.2) is 0 Å². The molecule has 1 amide bonds. The van der Waals surface area contributed by atoms with Gasteiger partial charge in [0, 0.05) is 29.2 Å². The molecule has 1 aromatic heterocycles. The number of fused-ring (bicyclic) bond motifs is 1. The number of aromatic nitrogens is 1. The number of ether oxygens (including phenoxy) is 1. The van der Waals surface area contributed by atoms with Crippen LogP contribution in [0.15, 0.2) is 103 Å². The third-order valence-corrected chi connectivity index (χ3v) is 6.57. The first-order valence-electron chi connectivity index (χ1n) is 12.9. The largest absolute Gasteiger partial charge is 0.489 e. The van der Waals surface area contributed by atoms with E-state index in [0.717, 1.165) is 16.6 Å². The Kier molecular flexibility index (Phi) is 7.96. The van der Waals surface area contributed by atoms with E-state index in [1.807, 2.05) is 36.4 Å². The number of carboxylic acids is 2. The first-order chi connectivity index (χ1) is 19.9. The van der Waals surface area contributed by atoms with E-state index in [0.29, 0.717) is 28.1 Å². The summed E-state index contributed by atoms with van der Waals surface area (Å²) in [6.45, 7) is 0.163. The average molecular weight is 550 g/mol. The minimum absolute atomic E-state index is 0.0411. The van der Waals surface area contributed by atoms with Crippen LogP contribution in [0.2, 0.25) is 0 Å². The molecule has 0 unspecified atom stereocenters. The van der Waals surface area contributed by atoms with E-state index >= 15 is 0 Å². The molecule has 1 atom stereocenters. The molecule has 0 aliphatic carbocycles. The molecular weight excluding hydrogens is 522 g/mol. The summed E-state index contributed by atoms with van der Waals surface area (Å²) in [5.41, 5.74) is 4.04. The van der Waals surface area contributed by atoms with Crippen LogP contribution in [0.3, 0.4) is 0 Å². The first-order valence-corrected chi connectivity index (χ1v) is 12.9. The molecule has 9 nitrogen and oxygen atoms in total. The second kappa shape index (κ2) is 12.1. The lowest BCUT2D eigenvalue weighted by molar-refractivity contribution is -0.139. The van der Waals surface area contributed by atoms with Gasteiger partial charge in [0.05, 0.1) is 16.8 Å². The maximum absolute atomic E-state index is 13.2. The first kappa shape index (κ1) is 27.0. The SMILES string of the molecule is O=C(O)c1cccc(COc2ccc3[nH]cc(C[C@H](NC(=O)c4ccccc4Nc4ccccc4)C(=O)O)c3c2)c1. The van der Waals surface area contributed by atoms with Crippen LogP contribution in [0, 0.1) is 0 Å². The third kappa shape index (κ3) is 6.54. The molecule has 0 saturated carbocycles. The minimum atomic E-state index is -1.19. The van der Waals surface area contributed by atoms with Crippen molar-refractivity contribution in [3.63, 3.8) is 0 Å². The van der Waals surface area contributed by atoms with Crippen molar-refractivity contribution in [3.05, 3.63) is 126 Å². The lowest BCUT2D eigenvalue weighted by Gasteiger charge is -2.17. The van der Waals surface area contributed by atoms with Gasteiger partial charge < -0.3 is 30.6 Å². The highest BCUT2D eigenvalue weighted by atomic mass is 16.5. The number of amides is 1. The van der Waals surface area contributed by atoms with Gasteiger partial charge in [-0.3, -0.25) is 4.79 Å². The van der Waals surface area contributed by atoms with Crippen molar-refractivity contribution >= 4 is 40.1 Å². The summed E-state index contributed by atoms with van der Waals surface area (Å²) >= 11 is 0. The van der Waals surface area contributed by atoms with Gasteiger partial charge in [-0.1, -0.05) is 42.5 Å². The molecule has 5 aromatic rings. The number of nitrogens with one attached hydrogen (secondary N) is 3. The normalized spacial score (nSPS) is 11.5. The topological polar surface area (TPSA) is 141 Å². The number of anilines is 2. The summed E-state index contributed by atoms with van der Waals surface area (Å²) in [5, 5.41) is 25.8. The Hall–Kier alpha value is -5.57. The number of aromatic amines is 1. The van der Waals surface area contributed by atoms with Gasteiger partial charge in [0.2, 0.25) is 0 Å². The Labute approximate surface area is 235 Å². The lowest BCUT2D eigenvalue weighted by atomic mass is 10.0. The van der Waals surface area contributed by atoms with Crippen LogP contribution in [0.1, 0.15) is 31.8 Å². The van der Waals surface area contributed by atoms with Crippen LogP contribution in [-0.2, 0) is 17.8 Å². The predicted molar refractivity (Wildman–Crippen MR) is 155 cm³/mol. The van der Waals surface area contributed by atoms with Crippen LogP contribution in [0.25, 0.3) is 10.9 Å². The fraction of sp³-hybridized carbons (Fsp3) is 0.0938. The quantitative estimate of drug-likeness (QED) is 0.144. The molecule has 0 aliphatic heterocycles. The van der Waals surface area contributed by atoms with Crippen LogP contribution >= 0.6 is 0 Å². The Morgan fingerprint density at radius 1 is 0.854 bits per heavy atom. The van der Waals surface area contributed by atoms with Gasteiger partial charge in [-0.25, -0.2) is 9.59 Å². The standard InChI is InChI=1S/C32H27N3O6/c36-30(25-11-4-5-12-28(25)34-23-9-2-1-3-10-23)35-29(32(39)40)16-22-18-33-27-14-13-24(17-26(22)27)41-19-20-7-6-8-21(15-20)31(37)38/h1-15,17-18,29,33-34H,16,19H2,(H,35,36)(H,37,38)(H,39,40)/t29-/m0/s1. The highest BCUT2D eigenvalue weighted by Gasteiger charge is 2.24. The molecule has 5 rings (SSSR count). The summed E-state index contributed by atoms with van der Waals surface area (Å²) in [5.74, 6) is -2.15. The zero-order valence-corrected chi connectivity index (χ0v) is 21.8. The zero-order valence-electron chi connectivity index (χ0n) is 21.8. The van der Waals surface area contributed by atoms with Crippen LogP contribution < -0.4 is 15.4 Å². The number of rotatable bonds is 11. The molecule has 0 radical (unpaired) electrons. The van der Waals surface area contributed by atoms with Crippen molar-refractivity contribution in [2.75, 3.05) is 5.32 Å². The molecule has 5 N–H and O–H groups in total. The van der Waals surface area contributed by atoms with Crippen LogP contribution in [-0.4, -0.2) is 39.1 Å². The number of H-pyrrole nitrogens is 1. The van der Waals surface area contributed by atoms with E-state index in [1.165, 1.54) is 6.07 Å². The van der Waals surface area contributed by atoms with Crippen molar-refractivity contribution in [2.45, 2.75) is 19.1 Å². The number of hydrogen-bond acceptors (Lipinski definition) is 5. The van der Waals surface area contributed by atoms with Crippen LogP contribution in [0.4, 0.5) is 11.4 Å². The van der Waals surface area contributed by atoms with Crippen LogP contribution in [0.5, 0.6) is 5.75 Å². The van der Waals surface area contributed by atoms with E-state index in [-0.39, 0.29) is 18.6 Å². The number of aromatic carboxylic acids is 1. The predicted octanol–water partition coefficient (Wildman–Crippen LogP) is 5.61. The van der Waals surface area contributed by atoms with E-state index in [4.69, 9.17) is 4.74 Å². The molecule has 0 aliphatic rings. The van der Waals surface area contributed by atoms with Gasteiger partial charge in [-0.05, 0) is 65.7 Å². The molecule has 1 heterocycles. The van der Waals surface area contributed by atoms with Gasteiger partial charge in [-0.15, -0.1) is 0 Å². The van der Waals surface area contributed by atoms with Crippen molar-refractivity contribution < 1.29 is 29.3 Å². The molecule has 206 valence electrons. The van der Waals surface area contributed by atoms with Gasteiger partial charge >= 0.3 is 11.9 Å². The van der Waals surface area contributed by atoms with Crippen molar-refractivity contribution in [1.29, 1.82) is 0 Å². The van der Waals surface area contributed by atoms with E-state index in [9.17, 15) is 24.6 Å². The smallest absolute Gasteiger partial charge is 0.335 e. The number of carbonyl (C=O) groups is 3. The molecule has 9 heteroatoms. The van der Waals surface area contributed by atoms with Gasteiger partial charge in [-0.2, -0.15) is 0 Å².